The van der Waals surface area contributed by atoms with Gasteiger partial charge in [0.2, 0.25) is 0 Å². The van der Waals surface area contributed by atoms with Gasteiger partial charge in [0.05, 0.1) is 11.6 Å². The Morgan fingerprint density at radius 2 is 2.31 bits per heavy atom. The highest BCUT2D eigenvalue weighted by Gasteiger charge is 2.10. The fourth-order valence-corrected chi connectivity index (χ4v) is 1.45. The van der Waals surface area contributed by atoms with E-state index in [9.17, 15) is 0 Å². The van der Waals surface area contributed by atoms with Gasteiger partial charge in [0.1, 0.15) is 5.82 Å². The van der Waals surface area contributed by atoms with Crippen LogP contribution in [0, 0.1) is 0 Å². The van der Waals surface area contributed by atoms with Crippen LogP contribution >= 0.6 is 0 Å². The van der Waals surface area contributed by atoms with Crippen LogP contribution in [0.15, 0.2) is 18.3 Å². The van der Waals surface area contributed by atoms with Crippen molar-refractivity contribution in [2.45, 2.75) is 13.0 Å². The quantitative estimate of drug-likeness (QED) is 0.704. The van der Waals surface area contributed by atoms with Crippen LogP contribution in [0.25, 0.3) is 11.2 Å². The highest BCUT2D eigenvalue weighted by atomic mass is 15.1. The number of hydrogen-bond acceptors (Lipinski definition) is 3. The molecule has 13 heavy (non-hydrogen) atoms. The second kappa shape index (κ2) is 2.81. The number of fused-ring (bicyclic) bond motifs is 1. The molecule has 0 unspecified atom stereocenters. The fraction of sp³-hybridized carbons (Fsp3) is 0.333. The molecule has 0 saturated carbocycles. The Labute approximate surface area is 76.4 Å². The summed E-state index contributed by atoms with van der Waals surface area (Å²) in [6, 6.07) is 3.83. The Kier molecular flexibility index (Phi) is 1.77. The van der Waals surface area contributed by atoms with Crippen molar-refractivity contribution in [3.63, 3.8) is 0 Å². The Bertz CT molecular complexity index is 430. The van der Waals surface area contributed by atoms with Crippen LogP contribution < -0.4 is 5.73 Å². The van der Waals surface area contributed by atoms with Gasteiger partial charge in [0, 0.05) is 13.2 Å². The molecule has 2 rings (SSSR count). The van der Waals surface area contributed by atoms with Gasteiger partial charge in [-0.2, -0.15) is 0 Å². The maximum absolute atomic E-state index is 5.77. The minimum Gasteiger partial charge on any atom is -0.328 e. The van der Waals surface area contributed by atoms with E-state index >= 15 is 0 Å². The molecule has 0 spiro atoms. The molecule has 2 heterocycles. The molecule has 4 heteroatoms. The first-order valence-corrected chi connectivity index (χ1v) is 4.23. The maximum atomic E-state index is 5.77. The molecule has 0 aromatic carbocycles. The van der Waals surface area contributed by atoms with Crippen LogP contribution in [0.1, 0.15) is 18.8 Å². The van der Waals surface area contributed by atoms with Gasteiger partial charge in [0.25, 0.3) is 0 Å². The molecule has 68 valence electrons. The molecular formula is C9H12N4. The zero-order valence-electron chi connectivity index (χ0n) is 7.73. The van der Waals surface area contributed by atoms with E-state index in [1.165, 1.54) is 0 Å². The molecule has 0 radical (unpaired) electrons. The molecule has 0 amide bonds. The molecule has 2 N–H and O–H groups in total. The second-order valence-electron chi connectivity index (χ2n) is 3.16. The van der Waals surface area contributed by atoms with Crippen molar-refractivity contribution in [2.75, 3.05) is 0 Å². The second-order valence-corrected chi connectivity index (χ2v) is 3.16. The van der Waals surface area contributed by atoms with Crippen LogP contribution in [0.5, 0.6) is 0 Å². The average Bonchev–Trinajstić information content (AvgIpc) is 2.45. The van der Waals surface area contributed by atoms with Gasteiger partial charge >= 0.3 is 0 Å². The number of aryl methyl sites for hydroxylation is 1. The topological polar surface area (TPSA) is 56.7 Å². The number of imidazole rings is 1. The van der Waals surface area contributed by atoms with Crippen LogP contribution in [0.4, 0.5) is 0 Å². The third-order valence-electron chi connectivity index (χ3n) is 2.10. The summed E-state index contributed by atoms with van der Waals surface area (Å²) in [6.07, 6.45) is 1.74. The molecule has 0 aliphatic rings. The minimum atomic E-state index is -0.0563. The first-order valence-electron chi connectivity index (χ1n) is 4.23. The van der Waals surface area contributed by atoms with E-state index in [0.717, 1.165) is 17.0 Å². The summed E-state index contributed by atoms with van der Waals surface area (Å²) in [7, 11) is 1.95. The summed E-state index contributed by atoms with van der Waals surface area (Å²) in [5.41, 5.74) is 7.55. The SMILES string of the molecule is C[C@H](N)c1nc2ncccc2n1C. The van der Waals surface area contributed by atoms with Gasteiger partial charge in [0.15, 0.2) is 5.65 Å². The molecule has 0 aliphatic heterocycles. The van der Waals surface area contributed by atoms with E-state index < -0.39 is 0 Å². The smallest absolute Gasteiger partial charge is 0.177 e. The normalized spacial score (nSPS) is 13.5. The molecule has 0 bridgehead atoms. The van der Waals surface area contributed by atoms with Crippen molar-refractivity contribution in [2.24, 2.45) is 12.8 Å². The van der Waals surface area contributed by atoms with Gasteiger partial charge in [-0.15, -0.1) is 0 Å². The molecular weight excluding hydrogens is 164 g/mol. The monoisotopic (exact) mass is 176 g/mol. The maximum Gasteiger partial charge on any atom is 0.177 e. The highest BCUT2D eigenvalue weighted by molar-refractivity contribution is 5.71. The summed E-state index contributed by atoms with van der Waals surface area (Å²) in [4.78, 5) is 8.50. The lowest BCUT2D eigenvalue weighted by molar-refractivity contribution is 0.696. The fourth-order valence-electron chi connectivity index (χ4n) is 1.45. The molecule has 0 fully saturated rings. The van der Waals surface area contributed by atoms with Crippen molar-refractivity contribution >= 4 is 11.2 Å². The Morgan fingerprint density at radius 3 is 2.92 bits per heavy atom. The zero-order valence-corrected chi connectivity index (χ0v) is 7.73. The van der Waals surface area contributed by atoms with Crippen molar-refractivity contribution in [1.82, 2.24) is 14.5 Å². The predicted octanol–water partition coefficient (Wildman–Crippen LogP) is 0.988. The lowest BCUT2D eigenvalue weighted by Gasteiger charge is -2.03. The molecule has 4 nitrogen and oxygen atoms in total. The summed E-state index contributed by atoms with van der Waals surface area (Å²) in [5.74, 6) is 0.869. The molecule has 0 aliphatic carbocycles. The first kappa shape index (κ1) is 8.19. The third-order valence-corrected chi connectivity index (χ3v) is 2.10. The van der Waals surface area contributed by atoms with E-state index in [0.29, 0.717) is 0 Å². The van der Waals surface area contributed by atoms with Crippen molar-refractivity contribution in [3.05, 3.63) is 24.2 Å². The van der Waals surface area contributed by atoms with E-state index in [2.05, 4.69) is 9.97 Å². The minimum absolute atomic E-state index is 0.0563. The number of nitrogens with zero attached hydrogens (tertiary/aromatic N) is 3. The zero-order chi connectivity index (χ0) is 9.42. The van der Waals surface area contributed by atoms with Crippen molar-refractivity contribution < 1.29 is 0 Å². The summed E-state index contributed by atoms with van der Waals surface area (Å²) >= 11 is 0. The van der Waals surface area contributed by atoms with Gasteiger partial charge in [-0.3, -0.25) is 0 Å². The molecule has 0 saturated heterocycles. The van der Waals surface area contributed by atoms with Gasteiger partial charge in [-0.05, 0) is 19.1 Å². The predicted molar refractivity (Wildman–Crippen MR) is 51.1 cm³/mol. The van der Waals surface area contributed by atoms with Crippen LogP contribution in [-0.2, 0) is 7.05 Å². The van der Waals surface area contributed by atoms with Crippen molar-refractivity contribution in [1.29, 1.82) is 0 Å². The summed E-state index contributed by atoms with van der Waals surface area (Å²) < 4.78 is 1.98. The van der Waals surface area contributed by atoms with Crippen LogP contribution in [0.2, 0.25) is 0 Å². The van der Waals surface area contributed by atoms with Crippen LogP contribution in [-0.4, -0.2) is 14.5 Å². The Balaban J connectivity index is 2.74. The standard InChI is InChI=1S/C9H12N4/c1-6(10)9-12-8-7(13(9)2)4-3-5-11-8/h3-6H,10H2,1-2H3/t6-/m0/s1. The van der Waals surface area contributed by atoms with Crippen LogP contribution in [0.3, 0.4) is 0 Å². The van der Waals surface area contributed by atoms with Gasteiger partial charge in [-0.25, -0.2) is 9.97 Å². The van der Waals surface area contributed by atoms with E-state index in [1.807, 2.05) is 30.7 Å². The lowest BCUT2D eigenvalue weighted by Crippen LogP contribution is -2.11. The van der Waals surface area contributed by atoms with Gasteiger partial charge < -0.3 is 10.3 Å². The number of rotatable bonds is 1. The summed E-state index contributed by atoms with van der Waals surface area (Å²) in [6.45, 7) is 1.92. The average molecular weight is 176 g/mol. The lowest BCUT2D eigenvalue weighted by atomic mass is 10.3. The first-order chi connectivity index (χ1) is 6.20. The van der Waals surface area contributed by atoms with Crippen molar-refractivity contribution in [3.8, 4) is 0 Å². The number of hydrogen-bond donors (Lipinski definition) is 1. The molecule has 1 atom stereocenters. The highest BCUT2D eigenvalue weighted by Crippen LogP contribution is 2.15. The van der Waals surface area contributed by atoms with E-state index in [1.54, 1.807) is 6.20 Å². The third kappa shape index (κ3) is 1.19. The largest absolute Gasteiger partial charge is 0.328 e. The molecule has 2 aromatic rings. The molecule has 2 aromatic heterocycles. The van der Waals surface area contributed by atoms with E-state index in [4.69, 9.17) is 5.73 Å². The van der Waals surface area contributed by atoms with E-state index in [-0.39, 0.29) is 6.04 Å². The Morgan fingerprint density at radius 1 is 1.54 bits per heavy atom. The number of pyridine rings is 1. The number of aromatic nitrogens is 3. The Hall–Kier alpha value is -1.42. The number of nitrogens with two attached hydrogens (primary N) is 1. The summed E-state index contributed by atoms with van der Waals surface area (Å²) in [5, 5.41) is 0. The van der Waals surface area contributed by atoms with Gasteiger partial charge in [-0.1, -0.05) is 0 Å².